The number of piperazine rings is 1. The normalized spacial score (nSPS) is 20.1. The number of carbonyl (C=O) groups is 1. The Morgan fingerprint density at radius 2 is 1.81 bits per heavy atom. The van der Waals surface area contributed by atoms with Crippen molar-refractivity contribution >= 4 is 11.8 Å². The predicted molar refractivity (Wildman–Crippen MR) is 106 cm³/mol. The lowest BCUT2D eigenvalue weighted by Gasteiger charge is -2.36. The van der Waals surface area contributed by atoms with Crippen molar-refractivity contribution < 1.29 is 13.9 Å². The summed E-state index contributed by atoms with van der Waals surface area (Å²) >= 11 is 0. The van der Waals surface area contributed by atoms with E-state index in [2.05, 4.69) is 0 Å². The summed E-state index contributed by atoms with van der Waals surface area (Å²) in [5.41, 5.74) is 0.295. The first-order valence-corrected chi connectivity index (χ1v) is 9.76. The Hall–Kier alpha value is -2.29. The van der Waals surface area contributed by atoms with Crippen LogP contribution in [0.2, 0.25) is 0 Å². The van der Waals surface area contributed by atoms with Crippen LogP contribution in [0.25, 0.3) is 0 Å². The number of carbonyl (C=O) groups excluding carboxylic acids is 1. The highest BCUT2D eigenvalue weighted by Gasteiger charge is 2.52. The summed E-state index contributed by atoms with van der Waals surface area (Å²) in [5.74, 6) is -0.389. The van der Waals surface area contributed by atoms with Crippen molar-refractivity contribution in [1.29, 1.82) is 5.26 Å². The molecular formula is C21H32FN3O2. The van der Waals surface area contributed by atoms with Gasteiger partial charge in [0.15, 0.2) is 0 Å². The highest BCUT2D eigenvalue weighted by Crippen LogP contribution is 2.40. The van der Waals surface area contributed by atoms with E-state index in [-0.39, 0.29) is 24.0 Å². The van der Waals surface area contributed by atoms with Gasteiger partial charge in [0.25, 0.3) is 0 Å². The molecule has 1 aromatic rings. The van der Waals surface area contributed by atoms with Crippen LogP contribution in [-0.4, -0.2) is 41.8 Å². The number of anilines is 1. The number of hydrogen-bond donors (Lipinski definition) is 0. The van der Waals surface area contributed by atoms with E-state index in [4.69, 9.17) is 10.00 Å². The zero-order chi connectivity index (χ0) is 20.8. The number of rotatable bonds is 1. The van der Waals surface area contributed by atoms with Crippen LogP contribution in [-0.2, 0) is 4.74 Å². The first kappa shape index (κ1) is 22.8. The van der Waals surface area contributed by atoms with Crippen molar-refractivity contribution in [3.8, 4) is 6.07 Å². The summed E-state index contributed by atoms with van der Waals surface area (Å²) in [5, 5.41) is 8.82. The van der Waals surface area contributed by atoms with Gasteiger partial charge in [-0.2, -0.15) is 5.26 Å². The molecule has 2 atom stereocenters. The number of fused-ring (bicyclic) bond motifs is 1. The Balaban J connectivity index is 0.000000855. The van der Waals surface area contributed by atoms with E-state index in [9.17, 15) is 9.18 Å². The molecular weight excluding hydrogens is 345 g/mol. The third-order valence-corrected chi connectivity index (χ3v) is 4.12. The van der Waals surface area contributed by atoms with E-state index in [0.717, 1.165) is 6.42 Å². The van der Waals surface area contributed by atoms with Crippen molar-refractivity contribution in [3.63, 3.8) is 0 Å². The van der Waals surface area contributed by atoms with Crippen LogP contribution in [0.5, 0.6) is 0 Å². The van der Waals surface area contributed by atoms with Crippen LogP contribution < -0.4 is 4.90 Å². The van der Waals surface area contributed by atoms with E-state index in [1.807, 2.05) is 59.4 Å². The van der Waals surface area contributed by atoms with Crippen LogP contribution in [0.4, 0.5) is 14.9 Å². The van der Waals surface area contributed by atoms with Gasteiger partial charge in [-0.1, -0.05) is 27.7 Å². The standard InChI is InChI=1S/C17H20FN3O2.2C2H6/c1-17(2,3)23-16(22)21-7-6-20(14-9-15(14)21)13-5-4-11(10-19)8-12(13)18;2*1-2/h4-5,8,14-15H,6-7,9H2,1-3H3;2*1-2H3. The van der Waals surface area contributed by atoms with E-state index in [1.165, 1.54) is 6.07 Å². The molecule has 150 valence electrons. The summed E-state index contributed by atoms with van der Waals surface area (Å²) < 4.78 is 19.6. The molecule has 0 aromatic heterocycles. The van der Waals surface area contributed by atoms with E-state index < -0.39 is 5.60 Å². The van der Waals surface area contributed by atoms with Gasteiger partial charge in [0.1, 0.15) is 11.4 Å². The maximum absolute atomic E-state index is 14.2. The quantitative estimate of drug-likeness (QED) is 0.695. The molecule has 1 aromatic carbocycles. The Morgan fingerprint density at radius 1 is 1.19 bits per heavy atom. The summed E-state index contributed by atoms with van der Waals surface area (Å²) in [7, 11) is 0. The second-order valence-electron chi connectivity index (χ2n) is 7.02. The average molecular weight is 378 g/mol. The fourth-order valence-electron chi connectivity index (χ4n) is 3.04. The highest BCUT2D eigenvalue weighted by atomic mass is 19.1. The van der Waals surface area contributed by atoms with Gasteiger partial charge in [-0.15, -0.1) is 0 Å². The molecule has 0 bridgehead atoms. The fraction of sp³-hybridized carbons (Fsp3) is 0.619. The molecule has 5 nitrogen and oxygen atoms in total. The van der Waals surface area contributed by atoms with Gasteiger partial charge in [0, 0.05) is 13.1 Å². The summed E-state index contributed by atoms with van der Waals surface area (Å²) in [6.45, 7) is 14.6. The Labute approximate surface area is 162 Å². The van der Waals surface area contributed by atoms with Gasteiger partial charge in [-0.05, 0) is 45.4 Å². The van der Waals surface area contributed by atoms with Crippen LogP contribution in [0.3, 0.4) is 0 Å². The number of ether oxygens (including phenoxy) is 1. The maximum atomic E-state index is 14.2. The number of hydrogen-bond acceptors (Lipinski definition) is 4. The zero-order valence-corrected chi connectivity index (χ0v) is 17.5. The minimum atomic E-state index is -0.516. The highest BCUT2D eigenvalue weighted by molar-refractivity contribution is 5.70. The van der Waals surface area contributed by atoms with Gasteiger partial charge >= 0.3 is 6.09 Å². The van der Waals surface area contributed by atoms with Gasteiger partial charge in [-0.25, -0.2) is 9.18 Å². The summed E-state index contributed by atoms with van der Waals surface area (Å²) in [6, 6.07) is 6.66. The molecule has 1 saturated carbocycles. The van der Waals surface area contributed by atoms with Gasteiger partial charge in [0.2, 0.25) is 0 Å². The number of benzene rings is 1. The Morgan fingerprint density at radius 3 is 2.33 bits per heavy atom. The number of halogens is 1. The van der Waals surface area contributed by atoms with Crippen molar-refractivity contribution in [2.75, 3.05) is 18.0 Å². The molecule has 0 spiro atoms. The molecule has 27 heavy (non-hydrogen) atoms. The summed E-state index contributed by atoms with van der Waals surface area (Å²) in [6.07, 6.45) is 0.517. The first-order valence-electron chi connectivity index (χ1n) is 9.76. The largest absolute Gasteiger partial charge is 0.444 e. The lowest BCUT2D eigenvalue weighted by atomic mass is 10.2. The number of nitriles is 1. The second kappa shape index (κ2) is 9.59. The molecule has 1 heterocycles. The SMILES string of the molecule is CC.CC.CC(C)(C)OC(=O)N1CCN(c2ccc(C#N)cc2F)C2CC21. The van der Waals surface area contributed by atoms with E-state index in [0.29, 0.717) is 24.3 Å². The lowest BCUT2D eigenvalue weighted by Crippen LogP contribution is -2.50. The van der Waals surface area contributed by atoms with Crippen molar-refractivity contribution in [1.82, 2.24) is 4.90 Å². The second-order valence-corrected chi connectivity index (χ2v) is 7.02. The van der Waals surface area contributed by atoms with Crippen LogP contribution in [0.15, 0.2) is 18.2 Å². The van der Waals surface area contributed by atoms with Crippen LogP contribution in [0, 0.1) is 17.1 Å². The minimum absolute atomic E-state index is 0.0774. The molecule has 2 fully saturated rings. The zero-order valence-electron chi connectivity index (χ0n) is 17.5. The number of nitrogens with zero attached hydrogens (tertiary/aromatic N) is 3. The van der Waals surface area contributed by atoms with Crippen LogP contribution >= 0.6 is 0 Å². The monoisotopic (exact) mass is 377 g/mol. The minimum Gasteiger partial charge on any atom is -0.444 e. The van der Waals surface area contributed by atoms with Crippen LogP contribution in [0.1, 0.15) is 60.5 Å². The predicted octanol–water partition coefficient (Wildman–Crippen LogP) is 4.95. The molecule has 0 N–H and O–H groups in total. The van der Waals surface area contributed by atoms with Crippen molar-refractivity contribution in [2.45, 2.75) is 72.6 Å². The van der Waals surface area contributed by atoms with E-state index >= 15 is 0 Å². The average Bonchev–Trinajstić information content (AvgIpc) is 3.43. The maximum Gasteiger partial charge on any atom is 0.410 e. The Bertz CT molecular complexity index is 679. The summed E-state index contributed by atoms with van der Waals surface area (Å²) in [4.78, 5) is 16.0. The third kappa shape index (κ3) is 5.59. The molecule has 1 aliphatic heterocycles. The molecule has 3 rings (SSSR count). The van der Waals surface area contributed by atoms with Gasteiger partial charge in [0.05, 0.1) is 29.4 Å². The van der Waals surface area contributed by atoms with Crippen molar-refractivity contribution in [3.05, 3.63) is 29.6 Å². The van der Waals surface area contributed by atoms with Gasteiger partial charge < -0.3 is 14.5 Å². The third-order valence-electron chi connectivity index (χ3n) is 4.12. The molecule has 2 unspecified atom stereocenters. The van der Waals surface area contributed by atoms with E-state index in [1.54, 1.807) is 17.0 Å². The molecule has 2 aliphatic rings. The number of amides is 1. The molecule has 1 aliphatic carbocycles. The molecule has 1 saturated heterocycles. The molecule has 1 amide bonds. The molecule has 0 radical (unpaired) electrons. The topological polar surface area (TPSA) is 56.6 Å². The first-order chi connectivity index (χ1) is 12.8. The molecule has 6 heteroatoms. The fourth-order valence-corrected chi connectivity index (χ4v) is 3.04. The lowest BCUT2D eigenvalue weighted by molar-refractivity contribution is 0.0218. The smallest absolute Gasteiger partial charge is 0.410 e. The van der Waals surface area contributed by atoms with Gasteiger partial charge in [-0.3, -0.25) is 0 Å². The van der Waals surface area contributed by atoms with Crippen molar-refractivity contribution in [2.24, 2.45) is 0 Å². The Kier molecular flexibility index (Phi) is 8.08.